The highest BCUT2D eigenvalue weighted by atomic mass is 16.4. The minimum absolute atomic E-state index is 0.0322. The van der Waals surface area contributed by atoms with Crippen molar-refractivity contribution in [2.24, 2.45) is 0 Å². The molecular formula is C20H16NO4+. The van der Waals surface area contributed by atoms with E-state index in [1.165, 1.54) is 4.57 Å². The van der Waals surface area contributed by atoms with Crippen molar-refractivity contribution in [3.8, 4) is 0 Å². The molecule has 0 fully saturated rings. The van der Waals surface area contributed by atoms with Crippen LogP contribution < -0.4 is 4.57 Å². The van der Waals surface area contributed by atoms with Gasteiger partial charge in [0.2, 0.25) is 18.1 Å². The van der Waals surface area contributed by atoms with Gasteiger partial charge in [0.05, 0.1) is 5.39 Å². The Morgan fingerprint density at radius 2 is 1.52 bits per heavy atom. The van der Waals surface area contributed by atoms with Crippen molar-refractivity contribution in [2.45, 2.75) is 13.0 Å². The number of carbonyl (C=O) groups excluding carboxylic acids is 2. The molecule has 0 spiro atoms. The van der Waals surface area contributed by atoms with Crippen LogP contribution in [0.4, 0.5) is 0 Å². The van der Waals surface area contributed by atoms with Crippen LogP contribution in [0.3, 0.4) is 0 Å². The Kier molecular flexibility index (Phi) is 4.66. The maximum Gasteiger partial charge on any atom is 0.311 e. The first-order chi connectivity index (χ1) is 12.1. The van der Waals surface area contributed by atoms with Crippen LogP contribution >= 0.6 is 0 Å². The van der Waals surface area contributed by atoms with E-state index in [2.05, 4.69) is 0 Å². The van der Waals surface area contributed by atoms with Crippen molar-refractivity contribution in [3.05, 3.63) is 78.1 Å². The van der Waals surface area contributed by atoms with Gasteiger partial charge in [-0.1, -0.05) is 48.5 Å². The normalized spacial score (nSPS) is 10.6. The summed E-state index contributed by atoms with van der Waals surface area (Å²) in [7, 11) is 0. The Morgan fingerprint density at radius 1 is 0.840 bits per heavy atom. The Balaban J connectivity index is 2.06. The van der Waals surface area contributed by atoms with Gasteiger partial charge in [-0.25, -0.2) is 0 Å². The molecule has 0 radical (unpaired) electrons. The Morgan fingerprint density at radius 3 is 2.24 bits per heavy atom. The molecule has 124 valence electrons. The van der Waals surface area contributed by atoms with Gasteiger partial charge < -0.3 is 5.11 Å². The Hall–Kier alpha value is -3.34. The zero-order valence-corrected chi connectivity index (χ0v) is 13.4. The van der Waals surface area contributed by atoms with E-state index in [0.717, 1.165) is 5.39 Å². The summed E-state index contributed by atoms with van der Waals surface area (Å²) >= 11 is 0. The average molecular weight is 334 g/mol. The summed E-state index contributed by atoms with van der Waals surface area (Å²) in [5, 5.41) is 10.4. The van der Waals surface area contributed by atoms with Gasteiger partial charge in [0.25, 0.3) is 5.69 Å². The summed E-state index contributed by atoms with van der Waals surface area (Å²) < 4.78 is 1.53. The highest BCUT2D eigenvalue weighted by Gasteiger charge is 2.26. The van der Waals surface area contributed by atoms with Crippen molar-refractivity contribution in [3.63, 3.8) is 0 Å². The molecule has 0 saturated carbocycles. The molecule has 0 aliphatic rings. The molecule has 0 bridgehead atoms. The highest BCUT2D eigenvalue weighted by Crippen LogP contribution is 2.17. The second-order valence-corrected chi connectivity index (χ2v) is 5.66. The first-order valence-electron chi connectivity index (χ1n) is 7.80. The first kappa shape index (κ1) is 16.5. The van der Waals surface area contributed by atoms with Crippen molar-refractivity contribution in [2.75, 3.05) is 0 Å². The molecule has 0 aliphatic carbocycles. The predicted molar refractivity (Wildman–Crippen MR) is 91.5 cm³/mol. The van der Waals surface area contributed by atoms with Crippen LogP contribution in [0, 0.1) is 0 Å². The summed E-state index contributed by atoms with van der Waals surface area (Å²) in [4.78, 5) is 36.0. The van der Waals surface area contributed by atoms with E-state index in [1.54, 1.807) is 42.6 Å². The molecule has 0 atom stereocenters. The van der Waals surface area contributed by atoms with Crippen molar-refractivity contribution >= 4 is 28.3 Å². The fraction of sp³-hybridized carbons (Fsp3) is 0.100. The number of pyridine rings is 1. The maximum atomic E-state index is 12.5. The van der Waals surface area contributed by atoms with E-state index in [9.17, 15) is 14.4 Å². The zero-order valence-electron chi connectivity index (χ0n) is 13.4. The quantitative estimate of drug-likeness (QED) is 0.427. The highest BCUT2D eigenvalue weighted by molar-refractivity contribution is 6.10. The molecule has 25 heavy (non-hydrogen) atoms. The molecule has 0 aliphatic heterocycles. The number of benzene rings is 2. The van der Waals surface area contributed by atoms with Gasteiger partial charge in [-0.2, -0.15) is 4.57 Å². The minimum Gasteiger partial charge on any atom is -0.481 e. The molecular weight excluding hydrogens is 318 g/mol. The summed E-state index contributed by atoms with van der Waals surface area (Å²) in [5.41, 5.74) is 0.782. The van der Waals surface area contributed by atoms with Gasteiger partial charge in [-0.05, 0) is 11.5 Å². The van der Waals surface area contributed by atoms with Crippen LogP contribution in [0.25, 0.3) is 10.8 Å². The molecule has 5 heteroatoms. The summed E-state index contributed by atoms with van der Waals surface area (Å²) in [5.74, 6) is -1.87. The van der Waals surface area contributed by atoms with Crippen LogP contribution in [-0.2, 0) is 11.3 Å². The number of hydrogen-bond donors (Lipinski definition) is 1. The molecule has 3 aromatic rings. The molecule has 5 nitrogen and oxygen atoms in total. The number of aromatic nitrogens is 1. The van der Waals surface area contributed by atoms with Crippen LogP contribution in [0.5, 0.6) is 0 Å². The predicted octanol–water partition coefficient (Wildman–Crippen LogP) is 2.67. The van der Waals surface area contributed by atoms with Crippen LogP contribution in [-0.4, -0.2) is 22.6 Å². The number of aliphatic carboxylic acids is 1. The summed E-state index contributed by atoms with van der Waals surface area (Å²) in [6.45, 7) is -0.0322. The van der Waals surface area contributed by atoms with E-state index in [4.69, 9.17) is 5.11 Å². The lowest BCUT2D eigenvalue weighted by Gasteiger charge is -2.06. The van der Waals surface area contributed by atoms with Crippen molar-refractivity contribution in [1.82, 2.24) is 0 Å². The lowest BCUT2D eigenvalue weighted by atomic mass is 10.0. The lowest BCUT2D eigenvalue weighted by molar-refractivity contribution is -0.683. The van der Waals surface area contributed by atoms with Gasteiger partial charge in [0.15, 0.2) is 6.20 Å². The largest absolute Gasteiger partial charge is 0.481 e. The molecule has 2 aromatic carbocycles. The SMILES string of the molecule is O=C(O)CC(=O)c1c2ccccc2cc[n+]1CC(=O)c1ccccc1. The lowest BCUT2D eigenvalue weighted by Crippen LogP contribution is -2.44. The topological polar surface area (TPSA) is 75.3 Å². The molecule has 0 saturated heterocycles. The number of rotatable bonds is 6. The minimum atomic E-state index is -1.20. The zero-order chi connectivity index (χ0) is 17.8. The number of Topliss-reactive ketones (excluding diaryl/α,β-unsaturated/α-hetero) is 2. The fourth-order valence-corrected chi connectivity index (χ4v) is 2.79. The third-order valence-electron chi connectivity index (χ3n) is 3.92. The van der Waals surface area contributed by atoms with E-state index < -0.39 is 18.2 Å². The Bertz CT molecular complexity index is 964. The van der Waals surface area contributed by atoms with E-state index in [0.29, 0.717) is 10.9 Å². The van der Waals surface area contributed by atoms with Gasteiger partial charge in [0, 0.05) is 11.6 Å². The smallest absolute Gasteiger partial charge is 0.311 e. The second-order valence-electron chi connectivity index (χ2n) is 5.66. The fourth-order valence-electron chi connectivity index (χ4n) is 2.79. The van der Waals surface area contributed by atoms with Crippen molar-refractivity contribution in [1.29, 1.82) is 0 Å². The number of fused-ring (bicyclic) bond motifs is 1. The number of nitrogens with zero attached hydrogens (tertiary/aromatic N) is 1. The van der Waals surface area contributed by atoms with Crippen molar-refractivity contribution < 1.29 is 24.1 Å². The van der Waals surface area contributed by atoms with E-state index >= 15 is 0 Å². The average Bonchev–Trinajstić information content (AvgIpc) is 2.61. The number of hydrogen-bond acceptors (Lipinski definition) is 3. The monoisotopic (exact) mass is 334 g/mol. The molecule has 1 heterocycles. The molecule has 3 rings (SSSR count). The maximum absolute atomic E-state index is 12.5. The summed E-state index contributed by atoms with van der Waals surface area (Å²) in [6.07, 6.45) is 1.03. The van der Waals surface area contributed by atoms with Crippen LogP contribution in [0.2, 0.25) is 0 Å². The summed E-state index contributed by atoms with van der Waals surface area (Å²) in [6, 6.07) is 17.8. The van der Waals surface area contributed by atoms with E-state index in [-0.39, 0.29) is 18.0 Å². The number of ketones is 2. The van der Waals surface area contributed by atoms with Gasteiger partial charge in [-0.3, -0.25) is 14.4 Å². The van der Waals surface area contributed by atoms with Crippen LogP contribution in [0.15, 0.2) is 66.9 Å². The van der Waals surface area contributed by atoms with Crippen LogP contribution in [0.1, 0.15) is 27.3 Å². The third kappa shape index (κ3) is 3.61. The molecule has 0 amide bonds. The Labute approximate surface area is 144 Å². The second kappa shape index (κ2) is 7.05. The number of carbonyl (C=O) groups is 3. The molecule has 1 N–H and O–H groups in total. The van der Waals surface area contributed by atoms with Gasteiger partial charge >= 0.3 is 5.97 Å². The van der Waals surface area contributed by atoms with Gasteiger partial charge in [0.1, 0.15) is 6.42 Å². The third-order valence-corrected chi connectivity index (χ3v) is 3.92. The molecule has 1 aromatic heterocycles. The van der Waals surface area contributed by atoms with E-state index in [1.807, 2.05) is 24.3 Å². The first-order valence-corrected chi connectivity index (χ1v) is 7.80. The standard InChI is InChI=1S/C20H15NO4/c22-17(12-19(24)25)20-16-9-5-4-6-14(16)10-11-21(20)13-18(23)15-7-2-1-3-8-15/h1-11H,12-13H2/p+1. The number of carboxylic acid groups (broad SMARTS) is 1. The van der Waals surface area contributed by atoms with Gasteiger partial charge in [-0.15, -0.1) is 0 Å². The molecule has 0 unspecified atom stereocenters. The number of carboxylic acids is 1.